The zero-order chi connectivity index (χ0) is 27.7. The molecule has 0 aliphatic carbocycles. The largest absolute Gasteiger partial charge is 0.481 e. The predicted octanol–water partition coefficient (Wildman–Crippen LogP) is 3.63. The molecule has 1 atom stereocenters. The third kappa shape index (κ3) is 9.30. The highest BCUT2D eigenvalue weighted by molar-refractivity contribution is 7.17. The number of halogens is 1. The van der Waals surface area contributed by atoms with Crippen molar-refractivity contribution in [1.82, 2.24) is 15.1 Å². The number of carbonyl (C=O) groups is 4. The zero-order valence-corrected chi connectivity index (χ0v) is 23.1. The van der Waals surface area contributed by atoms with Crippen LogP contribution in [0.5, 0.6) is 5.06 Å². The Labute approximate surface area is 230 Å². The molecule has 1 aromatic carbocycles. The number of thiophene rings is 1. The molecule has 0 saturated heterocycles. The highest BCUT2D eigenvalue weighted by Gasteiger charge is 2.25. The van der Waals surface area contributed by atoms with E-state index >= 15 is 0 Å². The zero-order valence-electron chi connectivity index (χ0n) is 21.5. The van der Waals surface area contributed by atoms with E-state index in [9.17, 15) is 19.2 Å². The first-order chi connectivity index (χ1) is 18.1. The summed E-state index contributed by atoms with van der Waals surface area (Å²) in [5, 5.41) is 14.5. The number of likely N-dealkylation sites (N-methyl/N-ethyl adjacent to an activating group) is 1. The van der Waals surface area contributed by atoms with E-state index in [1.807, 2.05) is 18.2 Å². The third-order valence-electron chi connectivity index (χ3n) is 6.31. The van der Waals surface area contributed by atoms with Crippen LogP contribution in [0.15, 0.2) is 30.3 Å². The first kappa shape index (κ1) is 29.4. The number of amides is 3. The fourth-order valence-electron chi connectivity index (χ4n) is 4.08. The number of hydrogen-bond donors (Lipinski definition) is 3. The number of nitrogens with one attached hydrogen (secondary N) is 2. The number of benzene rings is 1. The SMILES string of the molecule is CN1CCc2ccc(NC(=O)[C@@H](CCC(=O)N(C)CCCC(=O)O)NC(=O)Oc3ccc(Cl)s3)cc2CC1. The van der Waals surface area contributed by atoms with E-state index in [1.54, 1.807) is 19.2 Å². The van der Waals surface area contributed by atoms with Crippen LogP contribution < -0.4 is 15.4 Å². The van der Waals surface area contributed by atoms with Gasteiger partial charge in [-0.1, -0.05) is 29.0 Å². The first-order valence-electron chi connectivity index (χ1n) is 12.4. The van der Waals surface area contributed by atoms with Crippen molar-refractivity contribution in [2.45, 2.75) is 44.6 Å². The maximum Gasteiger partial charge on any atom is 0.414 e. The molecule has 38 heavy (non-hydrogen) atoms. The molecule has 0 spiro atoms. The number of hydrogen-bond acceptors (Lipinski definition) is 7. The second-order valence-electron chi connectivity index (χ2n) is 9.27. The van der Waals surface area contributed by atoms with Crippen LogP contribution in [0, 0.1) is 0 Å². The maximum absolute atomic E-state index is 13.2. The molecule has 206 valence electrons. The van der Waals surface area contributed by atoms with Crippen molar-refractivity contribution in [3.8, 4) is 5.06 Å². The van der Waals surface area contributed by atoms with E-state index in [0.29, 0.717) is 16.4 Å². The molecule has 3 rings (SSSR count). The number of fused-ring (bicyclic) bond motifs is 1. The van der Waals surface area contributed by atoms with Crippen molar-refractivity contribution in [3.63, 3.8) is 0 Å². The summed E-state index contributed by atoms with van der Waals surface area (Å²) in [6, 6.07) is 7.90. The Kier molecular flexibility index (Phi) is 10.9. The third-order valence-corrected chi connectivity index (χ3v) is 7.42. The van der Waals surface area contributed by atoms with Gasteiger partial charge in [-0.15, -0.1) is 0 Å². The lowest BCUT2D eigenvalue weighted by Crippen LogP contribution is -2.45. The quantitative estimate of drug-likeness (QED) is 0.380. The summed E-state index contributed by atoms with van der Waals surface area (Å²) in [6.07, 6.45) is 1.26. The van der Waals surface area contributed by atoms with Crippen LogP contribution in [0.3, 0.4) is 0 Å². The van der Waals surface area contributed by atoms with Crippen LogP contribution in [0.25, 0.3) is 0 Å². The number of aliphatic carboxylic acids is 1. The number of carbonyl (C=O) groups excluding carboxylic acids is 3. The van der Waals surface area contributed by atoms with Gasteiger partial charge in [0.2, 0.25) is 11.8 Å². The summed E-state index contributed by atoms with van der Waals surface area (Å²) in [5.41, 5.74) is 3.03. The molecule has 1 aliphatic rings. The van der Waals surface area contributed by atoms with Gasteiger partial charge in [-0.05, 0) is 68.1 Å². The molecule has 2 heterocycles. The molecule has 0 bridgehead atoms. The molecular formula is C26H33ClN4O6S. The van der Waals surface area contributed by atoms with Crippen molar-refractivity contribution in [3.05, 3.63) is 45.8 Å². The summed E-state index contributed by atoms with van der Waals surface area (Å²) in [6.45, 7) is 2.18. The van der Waals surface area contributed by atoms with E-state index in [-0.39, 0.29) is 36.8 Å². The molecule has 0 unspecified atom stereocenters. The van der Waals surface area contributed by atoms with Gasteiger partial charge in [0.1, 0.15) is 6.04 Å². The molecule has 3 N–H and O–H groups in total. The Morgan fingerprint density at radius 3 is 2.55 bits per heavy atom. The number of nitrogens with zero attached hydrogens (tertiary/aromatic N) is 2. The second kappa shape index (κ2) is 14.1. The van der Waals surface area contributed by atoms with Gasteiger partial charge in [0, 0.05) is 45.2 Å². The van der Waals surface area contributed by atoms with Gasteiger partial charge in [-0.3, -0.25) is 14.4 Å². The van der Waals surface area contributed by atoms with Gasteiger partial charge >= 0.3 is 12.1 Å². The summed E-state index contributed by atoms with van der Waals surface area (Å²) >= 11 is 6.97. The van der Waals surface area contributed by atoms with Crippen LogP contribution in [-0.4, -0.2) is 78.6 Å². The minimum atomic E-state index is -1.04. The Hall–Kier alpha value is -3.15. The molecule has 12 heteroatoms. The Balaban J connectivity index is 1.65. The van der Waals surface area contributed by atoms with Crippen LogP contribution in [-0.2, 0) is 27.2 Å². The number of carboxylic acid groups (broad SMARTS) is 1. The smallest absolute Gasteiger partial charge is 0.414 e. The predicted molar refractivity (Wildman–Crippen MR) is 146 cm³/mol. The number of carboxylic acids is 1. The minimum Gasteiger partial charge on any atom is -0.481 e. The number of rotatable bonds is 11. The highest BCUT2D eigenvalue weighted by Crippen LogP contribution is 2.28. The van der Waals surface area contributed by atoms with Gasteiger partial charge in [0.15, 0.2) is 5.06 Å². The summed E-state index contributed by atoms with van der Waals surface area (Å²) in [5.74, 6) is -1.66. The Bertz CT molecular complexity index is 1160. The van der Waals surface area contributed by atoms with Crippen molar-refractivity contribution in [2.75, 3.05) is 39.0 Å². The maximum atomic E-state index is 13.2. The average Bonchev–Trinajstić information content (AvgIpc) is 3.18. The van der Waals surface area contributed by atoms with Crippen LogP contribution >= 0.6 is 22.9 Å². The molecular weight excluding hydrogens is 532 g/mol. The van der Waals surface area contributed by atoms with E-state index < -0.39 is 24.0 Å². The van der Waals surface area contributed by atoms with E-state index in [4.69, 9.17) is 21.4 Å². The summed E-state index contributed by atoms with van der Waals surface area (Å²) < 4.78 is 5.69. The molecule has 0 saturated carbocycles. The van der Waals surface area contributed by atoms with Crippen molar-refractivity contribution >= 4 is 52.5 Å². The van der Waals surface area contributed by atoms with Crippen LogP contribution in [0.4, 0.5) is 10.5 Å². The minimum absolute atomic E-state index is 0.0245. The van der Waals surface area contributed by atoms with Gasteiger partial charge in [-0.25, -0.2) is 4.79 Å². The molecule has 1 aromatic heterocycles. The van der Waals surface area contributed by atoms with Crippen LogP contribution in [0.2, 0.25) is 4.34 Å². The molecule has 10 nitrogen and oxygen atoms in total. The number of ether oxygens (including phenoxy) is 1. The topological polar surface area (TPSA) is 128 Å². The fraction of sp³-hybridized carbons (Fsp3) is 0.462. The second-order valence-corrected chi connectivity index (χ2v) is 10.9. The molecule has 0 fully saturated rings. The fourth-order valence-corrected chi connectivity index (χ4v) is 4.95. The van der Waals surface area contributed by atoms with Gasteiger partial charge in [0.25, 0.3) is 0 Å². The monoisotopic (exact) mass is 564 g/mol. The van der Waals surface area contributed by atoms with E-state index in [0.717, 1.165) is 37.3 Å². The van der Waals surface area contributed by atoms with Crippen molar-refractivity contribution in [1.29, 1.82) is 0 Å². The first-order valence-corrected chi connectivity index (χ1v) is 13.6. The van der Waals surface area contributed by atoms with E-state index in [2.05, 4.69) is 22.6 Å². The Morgan fingerprint density at radius 1 is 1.13 bits per heavy atom. The van der Waals surface area contributed by atoms with Crippen molar-refractivity contribution in [2.24, 2.45) is 0 Å². The Morgan fingerprint density at radius 2 is 1.87 bits per heavy atom. The highest BCUT2D eigenvalue weighted by atomic mass is 35.5. The lowest BCUT2D eigenvalue weighted by molar-refractivity contribution is -0.138. The lowest BCUT2D eigenvalue weighted by Gasteiger charge is -2.21. The summed E-state index contributed by atoms with van der Waals surface area (Å²) in [7, 11) is 3.66. The molecule has 0 radical (unpaired) electrons. The molecule has 3 amide bonds. The van der Waals surface area contributed by atoms with Crippen LogP contribution in [0.1, 0.15) is 36.8 Å². The van der Waals surface area contributed by atoms with Gasteiger partial charge in [-0.2, -0.15) is 0 Å². The summed E-state index contributed by atoms with van der Waals surface area (Å²) in [4.78, 5) is 52.8. The van der Waals surface area contributed by atoms with E-state index in [1.165, 1.54) is 16.0 Å². The normalized spacial score (nSPS) is 14.1. The standard InChI is InChI=1S/C26H33ClN4O6S/c1-30-14-11-17-5-6-19(16-18(17)12-15-30)28-25(35)20(29-26(36)37-24-10-8-21(27)38-24)7-9-22(32)31(2)13-3-4-23(33)34/h5-6,8,10,16,20H,3-4,7,9,11-15H2,1-2H3,(H,28,35)(H,29,36)(H,33,34)/t20-/m1/s1. The molecule has 2 aromatic rings. The number of anilines is 1. The lowest BCUT2D eigenvalue weighted by atomic mass is 10.0. The van der Waals surface area contributed by atoms with Gasteiger partial charge in [0.05, 0.1) is 4.34 Å². The van der Waals surface area contributed by atoms with Gasteiger partial charge < -0.3 is 30.3 Å². The molecule has 1 aliphatic heterocycles. The average molecular weight is 565 g/mol. The van der Waals surface area contributed by atoms with Crippen molar-refractivity contribution < 1.29 is 29.0 Å².